The van der Waals surface area contributed by atoms with Gasteiger partial charge in [-0.15, -0.1) is 0 Å². The van der Waals surface area contributed by atoms with E-state index in [1.54, 1.807) is 0 Å². The lowest BCUT2D eigenvalue weighted by atomic mass is 10.0. The van der Waals surface area contributed by atoms with Crippen molar-refractivity contribution in [1.82, 2.24) is 5.32 Å². The lowest BCUT2D eigenvalue weighted by Gasteiger charge is -2.16. The fourth-order valence-electron chi connectivity index (χ4n) is 1.57. The maximum atomic E-state index is 11.9. The number of hydrogen-bond donors (Lipinski definition) is 2. The van der Waals surface area contributed by atoms with Gasteiger partial charge in [-0.1, -0.05) is 37.0 Å². The van der Waals surface area contributed by atoms with E-state index in [9.17, 15) is 9.59 Å². The van der Waals surface area contributed by atoms with Crippen LogP contribution in [0, 0.1) is 5.92 Å². The molecule has 0 saturated heterocycles. The lowest BCUT2D eigenvalue weighted by molar-refractivity contribution is -0.139. The number of aliphatic carboxylic acids is 1. The zero-order valence-corrected chi connectivity index (χ0v) is 12.1. The summed E-state index contributed by atoms with van der Waals surface area (Å²) >= 11 is 11.6. The number of carboxylic acid groups (broad SMARTS) is 1. The minimum absolute atomic E-state index is 0.162. The van der Waals surface area contributed by atoms with Crippen LogP contribution >= 0.6 is 23.2 Å². The number of benzene rings is 1. The number of carbonyl (C=O) groups excluding carboxylic acids is 1. The summed E-state index contributed by atoms with van der Waals surface area (Å²) in [5.41, 5.74) is 0.282. The van der Waals surface area contributed by atoms with E-state index >= 15 is 0 Å². The van der Waals surface area contributed by atoms with Crippen molar-refractivity contribution >= 4 is 35.1 Å². The first-order valence-electron chi connectivity index (χ1n) is 5.80. The van der Waals surface area contributed by atoms with Crippen LogP contribution in [0.4, 0.5) is 0 Å². The number of carbonyl (C=O) groups is 2. The summed E-state index contributed by atoms with van der Waals surface area (Å²) in [4.78, 5) is 23.0. The Morgan fingerprint density at radius 1 is 1.26 bits per heavy atom. The van der Waals surface area contributed by atoms with Gasteiger partial charge in [0.05, 0.1) is 10.0 Å². The molecule has 0 fully saturated rings. The third-order valence-corrected chi connectivity index (χ3v) is 3.23. The average Bonchev–Trinajstić information content (AvgIpc) is 2.31. The summed E-state index contributed by atoms with van der Waals surface area (Å²) in [5, 5.41) is 12.1. The molecule has 1 aromatic rings. The first-order valence-corrected chi connectivity index (χ1v) is 6.55. The van der Waals surface area contributed by atoms with Crippen LogP contribution in [0.3, 0.4) is 0 Å². The summed E-state index contributed by atoms with van der Waals surface area (Å²) < 4.78 is 0. The Labute approximate surface area is 121 Å². The van der Waals surface area contributed by atoms with Crippen LogP contribution in [0.5, 0.6) is 0 Å². The molecule has 6 heteroatoms. The third-order valence-electron chi connectivity index (χ3n) is 2.49. The van der Waals surface area contributed by atoms with E-state index in [0.717, 1.165) is 0 Å². The molecule has 2 N–H and O–H groups in total. The highest BCUT2D eigenvalue weighted by Gasteiger charge is 2.21. The number of amides is 1. The van der Waals surface area contributed by atoms with Gasteiger partial charge in [-0.2, -0.15) is 0 Å². The Balaban J connectivity index is 2.81. The van der Waals surface area contributed by atoms with Crippen LogP contribution in [0.15, 0.2) is 18.2 Å². The highest BCUT2D eigenvalue weighted by molar-refractivity contribution is 6.42. The molecule has 0 aromatic heterocycles. The van der Waals surface area contributed by atoms with E-state index in [4.69, 9.17) is 28.3 Å². The zero-order valence-electron chi connectivity index (χ0n) is 10.6. The molecule has 1 aromatic carbocycles. The van der Waals surface area contributed by atoms with Crippen LogP contribution in [-0.4, -0.2) is 23.0 Å². The van der Waals surface area contributed by atoms with Gasteiger partial charge >= 0.3 is 5.97 Å². The molecule has 0 bridgehead atoms. The molecule has 4 nitrogen and oxygen atoms in total. The number of halogens is 2. The fourth-order valence-corrected chi connectivity index (χ4v) is 1.87. The van der Waals surface area contributed by atoms with Crippen LogP contribution in [0.25, 0.3) is 0 Å². The molecule has 1 rings (SSSR count). The molecule has 1 unspecified atom stereocenters. The van der Waals surface area contributed by atoms with E-state index in [-0.39, 0.29) is 16.5 Å². The molecule has 104 valence electrons. The van der Waals surface area contributed by atoms with Gasteiger partial charge in [0.25, 0.3) is 5.91 Å². The number of rotatable bonds is 5. The molecule has 19 heavy (non-hydrogen) atoms. The van der Waals surface area contributed by atoms with Gasteiger partial charge in [-0.25, -0.2) is 4.79 Å². The highest BCUT2D eigenvalue weighted by Crippen LogP contribution is 2.22. The molecule has 1 amide bonds. The third kappa shape index (κ3) is 4.73. The minimum atomic E-state index is -1.05. The summed E-state index contributed by atoms with van der Waals surface area (Å²) in [6, 6.07) is 3.49. The van der Waals surface area contributed by atoms with Crippen molar-refractivity contribution in [1.29, 1.82) is 0 Å². The molecular formula is C13H15Cl2NO3. The van der Waals surface area contributed by atoms with Crippen LogP contribution < -0.4 is 5.32 Å². The Morgan fingerprint density at radius 3 is 2.37 bits per heavy atom. The van der Waals surface area contributed by atoms with Crippen molar-refractivity contribution in [3.8, 4) is 0 Å². The highest BCUT2D eigenvalue weighted by atomic mass is 35.5. The van der Waals surface area contributed by atoms with Gasteiger partial charge in [0, 0.05) is 5.56 Å². The monoisotopic (exact) mass is 303 g/mol. The van der Waals surface area contributed by atoms with Gasteiger partial charge in [-0.3, -0.25) is 4.79 Å². The van der Waals surface area contributed by atoms with Crippen molar-refractivity contribution < 1.29 is 14.7 Å². The lowest BCUT2D eigenvalue weighted by Crippen LogP contribution is -2.41. The predicted molar refractivity (Wildman–Crippen MR) is 74.8 cm³/mol. The fraction of sp³-hybridized carbons (Fsp3) is 0.385. The summed E-state index contributed by atoms with van der Waals surface area (Å²) in [6.45, 7) is 3.78. The van der Waals surface area contributed by atoms with Gasteiger partial charge < -0.3 is 10.4 Å². The molecule has 0 aliphatic heterocycles. The maximum Gasteiger partial charge on any atom is 0.326 e. The first-order chi connectivity index (χ1) is 8.81. The molecule has 0 saturated carbocycles. The van der Waals surface area contributed by atoms with Gasteiger partial charge in [0.15, 0.2) is 0 Å². The SMILES string of the molecule is CC(C)CC(NC(=O)c1ccc(Cl)c(Cl)c1)C(=O)O. The second kappa shape index (κ2) is 6.78. The van der Waals surface area contributed by atoms with Crippen molar-refractivity contribution in [3.05, 3.63) is 33.8 Å². The van der Waals surface area contributed by atoms with Crippen molar-refractivity contribution in [3.63, 3.8) is 0 Å². The van der Waals surface area contributed by atoms with Gasteiger partial charge in [0.2, 0.25) is 0 Å². The number of carboxylic acids is 1. The topological polar surface area (TPSA) is 66.4 Å². The summed E-state index contributed by atoms with van der Waals surface area (Å²) in [7, 11) is 0. The Bertz CT molecular complexity index is 489. The normalized spacial score (nSPS) is 12.3. The second-order valence-electron chi connectivity index (χ2n) is 4.62. The van der Waals surface area contributed by atoms with E-state index in [1.165, 1.54) is 18.2 Å². The summed E-state index contributed by atoms with van der Waals surface area (Å²) in [5.74, 6) is -1.37. The molecule has 0 aliphatic carbocycles. The molecule has 0 radical (unpaired) electrons. The Hall–Kier alpha value is -1.26. The smallest absolute Gasteiger partial charge is 0.326 e. The average molecular weight is 304 g/mol. The van der Waals surface area contributed by atoms with E-state index < -0.39 is 17.9 Å². The molecule has 0 aliphatic rings. The van der Waals surface area contributed by atoms with E-state index in [0.29, 0.717) is 11.4 Å². The molecule has 0 spiro atoms. The van der Waals surface area contributed by atoms with Crippen LogP contribution in [0.1, 0.15) is 30.6 Å². The Morgan fingerprint density at radius 2 is 1.89 bits per heavy atom. The molecular weight excluding hydrogens is 289 g/mol. The van der Waals surface area contributed by atoms with Gasteiger partial charge in [0.1, 0.15) is 6.04 Å². The van der Waals surface area contributed by atoms with E-state index in [2.05, 4.69) is 5.32 Å². The number of hydrogen-bond acceptors (Lipinski definition) is 2. The number of nitrogens with one attached hydrogen (secondary N) is 1. The quantitative estimate of drug-likeness (QED) is 0.877. The van der Waals surface area contributed by atoms with Gasteiger partial charge in [-0.05, 0) is 30.5 Å². The van der Waals surface area contributed by atoms with Crippen LogP contribution in [0.2, 0.25) is 10.0 Å². The van der Waals surface area contributed by atoms with Crippen molar-refractivity contribution in [2.45, 2.75) is 26.3 Å². The van der Waals surface area contributed by atoms with Crippen molar-refractivity contribution in [2.75, 3.05) is 0 Å². The standard InChI is InChI=1S/C13H15Cl2NO3/c1-7(2)5-11(13(18)19)16-12(17)8-3-4-9(14)10(15)6-8/h3-4,6-7,11H,5H2,1-2H3,(H,16,17)(H,18,19). The van der Waals surface area contributed by atoms with E-state index in [1.807, 2.05) is 13.8 Å². The minimum Gasteiger partial charge on any atom is -0.480 e. The largest absolute Gasteiger partial charge is 0.480 e. The second-order valence-corrected chi connectivity index (χ2v) is 5.44. The predicted octanol–water partition coefficient (Wildman–Crippen LogP) is 3.22. The maximum absolute atomic E-state index is 11.9. The Kier molecular flexibility index (Phi) is 5.63. The molecule has 1 atom stereocenters. The first kappa shape index (κ1) is 15.8. The molecule has 0 heterocycles. The van der Waals surface area contributed by atoms with Crippen molar-refractivity contribution in [2.24, 2.45) is 5.92 Å². The zero-order chi connectivity index (χ0) is 14.6. The summed E-state index contributed by atoms with van der Waals surface area (Å²) in [6.07, 6.45) is 0.363. The van der Waals surface area contributed by atoms with Crippen LogP contribution in [-0.2, 0) is 4.79 Å².